The van der Waals surface area contributed by atoms with E-state index >= 15 is 0 Å². The average molecular weight is 614 g/mol. The van der Waals surface area contributed by atoms with Crippen molar-refractivity contribution in [2.75, 3.05) is 32.7 Å². The summed E-state index contributed by atoms with van der Waals surface area (Å²) in [4.78, 5) is 17.2. The standard InChI is InChI=1S/C32H34F3N3O4S/c1-21-29-24-16-23(28-10-11-38(31(21,28)29)30(39)42-20-22-6-3-2-4-7-22)17-26(18-24)36-12-14-37(15-13-36)43(40,41)27-9-5-8-25(19-27)32(33,34)35/h2-9,17-19,21,23,28-29H,10-16,20H2,1H3/t21-,23?,28?,29?,31-/m1/s1. The molecule has 11 heteroatoms. The number of allylic oxidation sites excluding steroid dienone is 2. The summed E-state index contributed by atoms with van der Waals surface area (Å²) in [5.41, 5.74) is 2.21. The number of carbonyl (C=O) groups is 1. The van der Waals surface area contributed by atoms with Gasteiger partial charge in [-0.1, -0.05) is 55.0 Å². The Morgan fingerprint density at radius 2 is 1.77 bits per heavy atom. The van der Waals surface area contributed by atoms with Crippen LogP contribution in [0.5, 0.6) is 0 Å². The van der Waals surface area contributed by atoms with Crippen molar-refractivity contribution in [3.63, 3.8) is 0 Å². The number of halogens is 3. The number of sulfonamides is 1. The minimum atomic E-state index is -4.61. The van der Waals surface area contributed by atoms with Gasteiger partial charge in [-0.2, -0.15) is 17.5 Å². The lowest BCUT2D eigenvalue weighted by atomic mass is 9.71. The maximum atomic E-state index is 13.3. The molecule has 2 aromatic carbocycles. The van der Waals surface area contributed by atoms with Crippen LogP contribution >= 0.6 is 0 Å². The van der Waals surface area contributed by atoms with E-state index in [4.69, 9.17) is 4.74 Å². The monoisotopic (exact) mass is 613 g/mol. The lowest BCUT2D eigenvalue weighted by Gasteiger charge is -2.42. The molecule has 228 valence electrons. The number of carbonyl (C=O) groups excluding carboxylic acids is 1. The smallest absolute Gasteiger partial charge is 0.416 e. The molecule has 43 heavy (non-hydrogen) atoms. The number of benzene rings is 2. The Kier molecular flexibility index (Phi) is 6.70. The topological polar surface area (TPSA) is 70.2 Å². The number of fused-ring (bicyclic) bond motifs is 4. The van der Waals surface area contributed by atoms with Gasteiger partial charge in [0.15, 0.2) is 0 Å². The molecule has 1 spiro atoms. The third-order valence-electron chi connectivity index (χ3n) is 10.3. The normalized spacial score (nSPS) is 30.2. The zero-order valence-corrected chi connectivity index (χ0v) is 24.7. The highest BCUT2D eigenvalue weighted by atomic mass is 32.2. The molecule has 3 unspecified atom stereocenters. The molecule has 2 saturated carbocycles. The maximum Gasteiger partial charge on any atom is 0.416 e. The van der Waals surface area contributed by atoms with Crippen LogP contribution in [0.3, 0.4) is 0 Å². The Hall–Kier alpha value is -3.31. The van der Waals surface area contributed by atoms with Gasteiger partial charge in [-0.05, 0) is 60.4 Å². The van der Waals surface area contributed by atoms with E-state index in [-0.39, 0.29) is 48.1 Å². The van der Waals surface area contributed by atoms with Crippen molar-refractivity contribution in [3.05, 3.63) is 89.1 Å². The fourth-order valence-corrected chi connectivity index (χ4v) is 9.82. The molecule has 0 aromatic heterocycles. The Bertz CT molecular complexity index is 1600. The molecule has 5 atom stereocenters. The number of hydrogen-bond acceptors (Lipinski definition) is 5. The molecule has 5 aliphatic rings. The molecule has 0 N–H and O–H groups in total. The maximum absolute atomic E-state index is 13.3. The van der Waals surface area contributed by atoms with Crippen LogP contribution in [0, 0.1) is 23.7 Å². The average Bonchev–Trinajstić information content (AvgIpc) is 3.41. The fraction of sp³-hybridized carbons (Fsp3) is 0.469. The number of ether oxygens (including phenoxy) is 1. The molecular formula is C32H34F3N3O4S. The highest BCUT2D eigenvalue weighted by Gasteiger charge is 2.76. The SMILES string of the molecule is C[C@@H]1C2C3=CC(N4CCN(S(=O)(=O)c5cccc(C(F)(F)F)c5)CC4)=CC(C3)C3CCN(C(=O)OCc4ccccc4)[C@]321. The van der Waals surface area contributed by atoms with Crippen molar-refractivity contribution in [2.24, 2.45) is 23.7 Å². The highest BCUT2D eigenvalue weighted by molar-refractivity contribution is 7.89. The van der Waals surface area contributed by atoms with E-state index in [2.05, 4.69) is 24.0 Å². The van der Waals surface area contributed by atoms with Gasteiger partial charge in [-0.25, -0.2) is 13.2 Å². The van der Waals surface area contributed by atoms with Crippen LogP contribution in [-0.4, -0.2) is 66.9 Å². The third-order valence-corrected chi connectivity index (χ3v) is 12.2. The summed E-state index contributed by atoms with van der Waals surface area (Å²) in [5, 5.41) is 0. The number of nitrogens with zero attached hydrogens (tertiary/aromatic N) is 3. The Morgan fingerprint density at radius 3 is 2.49 bits per heavy atom. The molecule has 2 aromatic rings. The van der Waals surface area contributed by atoms with Gasteiger partial charge in [0.2, 0.25) is 10.0 Å². The van der Waals surface area contributed by atoms with Crippen molar-refractivity contribution in [1.82, 2.24) is 14.1 Å². The van der Waals surface area contributed by atoms with Crippen LogP contribution in [0.1, 0.15) is 30.9 Å². The van der Waals surface area contributed by atoms with Crippen LogP contribution in [0.2, 0.25) is 0 Å². The predicted octanol–water partition coefficient (Wildman–Crippen LogP) is 5.52. The first kappa shape index (κ1) is 28.5. The molecule has 1 amide bonds. The highest BCUT2D eigenvalue weighted by Crippen LogP contribution is 2.72. The van der Waals surface area contributed by atoms with E-state index in [0.717, 1.165) is 36.2 Å². The zero-order chi connectivity index (χ0) is 30.1. The van der Waals surface area contributed by atoms with Gasteiger partial charge >= 0.3 is 12.3 Å². The van der Waals surface area contributed by atoms with Crippen molar-refractivity contribution >= 4 is 16.1 Å². The van der Waals surface area contributed by atoms with Crippen LogP contribution in [0.4, 0.5) is 18.0 Å². The van der Waals surface area contributed by atoms with Gasteiger partial charge in [0.05, 0.1) is 16.0 Å². The van der Waals surface area contributed by atoms with E-state index in [1.54, 1.807) is 0 Å². The van der Waals surface area contributed by atoms with E-state index in [1.165, 1.54) is 15.9 Å². The minimum absolute atomic E-state index is 0.192. The van der Waals surface area contributed by atoms with Crippen LogP contribution in [0.15, 0.2) is 82.9 Å². The molecule has 3 aliphatic carbocycles. The second-order valence-corrected chi connectivity index (χ2v) is 14.3. The fourth-order valence-electron chi connectivity index (χ4n) is 8.35. The molecule has 4 fully saturated rings. The molecule has 2 bridgehead atoms. The van der Waals surface area contributed by atoms with Crippen LogP contribution < -0.4 is 0 Å². The summed E-state index contributed by atoms with van der Waals surface area (Å²) in [6, 6.07) is 13.6. The first-order valence-electron chi connectivity index (χ1n) is 14.8. The van der Waals surface area contributed by atoms with E-state index in [0.29, 0.717) is 37.5 Å². The first-order chi connectivity index (χ1) is 20.5. The number of hydrogen-bond donors (Lipinski definition) is 0. The molecule has 0 radical (unpaired) electrons. The lowest BCUT2D eigenvalue weighted by Crippen LogP contribution is -2.49. The quantitative estimate of drug-likeness (QED) is 0.445. The van der Waals surface area contributed by atoms with Gasteiger partial charge in [-0.15, -0.1) is 0 Å². The van der Waals surface area contributed by atoms with E-state index in [1.807, 2.05) is 35.2 Å². The van der Waals surface area contributed by atoms with Gasteiger partial charge in [0.25, 0.3) is 0 Å². The Balaban J connectivity index is 1.04. The third kappa shape index (κ3) is 4.58. The van der Waals surface area contributed by atoms with Gasteiger partial charge < -0.3 is 14.5 Å². The Morgan fingerprint density at radius 1 is 1.02 bits per heavy atom. The van der Waals surface area contributed by atoms with Gasteiger partial charge in [0.1, 0.15) is 6.61 Å². The second-order valence-electron chi connectivity index (χ2n) is 12.3. The summed E-state index contributed by atoms with van der Waals surface area (Å²) in [7, 11) is -4.05. The van der Waals surface area contributed by atoms with Crippen molar-refractivity contribution < 1.29 is 31.1 Å². The summed E-state index contributed by atoms with van der Waals surface area (Å²) in [6.45, 7) is 4.46. The molecule has 2 heterocycles. The Labute approximate surface area is 249 Å². The number of piperazine rings is 1. The minimum Gasteiger partial charge on any atom is -0.445 e. The molecular weight excluding hydrogens is 579 g/mol. The second kappa shape index (κ2) is 10.1. The summed E-state index contributed by atoms with van der Waals surface area (Å²) < 4.78 is 73.0. The molecule has 7 rings (SSSR count). The summed E-state index contributed by atoms with van der Waals surface area (Å²) in [5.74, 6) is 1.25. The zero-order valence-electron chi connectivity index (χ0n) is 23.8. The molecule has 7 nitrogen and oxygen atoms in total. The summed E-state index contributed by atoms with van der Waals surface area (Å²) >= 11 is 0. The van der Waals surface area contributed by atoms with Crippen molar-refractivity contribution in [2.45, 2.75) is 43.0 Å². The van der Waals surface area contributed by atoms with Crippen LogP contribution in [0.25, 0.3) is 0 Å². The number of rotatable bonds is 5. The number of alkyl halides is 3. The first-order valence-corrected chi connectivity index (χ1v) is 16.3. The number of likely N-dealkylation sites (tertiary alicyclic amines) is 1. The van der Waals surface area contributed by atoms with Crippen molar-refractivity contribution in [3.8, 4) is 0 Å². The van der Waals surface area contributed by atoms with Crippen molar-refractivity contribution in [1.29, 1.82) is 0 Å². The molecule has 2 saturated heterocycles. The predicted molar refractivity (Wildman–Crippen MR) is 153 cm³/mol. The lowest BCUT2D eigenvalue weighted by molar-refractivity contribution is -0.137. The van der Waals surface area contributed by atoms with E-state index < -0.39 is 21.8 Å². The van der Waals surface area contributed by atoms with E-state index in [9.17, 15) is 26.4 Å². The summed E-state index contributed by atoms with van der Waals surface area (Å²) in [6.07, 6.45) is 1.56. The van der Waals surface area contributed by atoms with Gasteiger partial charge in [0, 0.05) is 44.3 Å². The van der Waals surface area contributed by atoms with Crippen LogP contribution in [-0.2, 0) is 27.5 Å². The number of amides is 1. The largest absolute Gasteiger partial charge is 0.445 e. The van der Waals surface area contributed by atoms with Gasteiger partial charge in [-0.3, -0.25) is 0 Å². The molecule has 2 aliphatic heterocycles.